The number of hydrogen-bond donors (Lipinski definition) is 1. The number of ether oxygens (including phenoxy) is 1. The Morgan fingerprint density at radius 1 is 1.41 bits per heavy atom. The number of alkyl halides is 3. The molecule has 0 amide bonds. The highest BCUT2D eigenvalue weighted by molar-refractivity contribution is 7.13. The molecular weight excluding hydrogens is 317 g/mol. The lowest BCUT2D eigenvalue weighted by Gasteiger charge is -2.10. The second-order valence-corrected chi connectivity index (χ2v) is 5.40. The van der Waals surface area contributed by atoms with Gasteiger partial charge in [0.05, 0.1) is 28.8 Å². The minimum atomic E-state index is -4.56. The molecule has 4 nitrogen and oxygen atoms in total. The summed E-state index contributed by atoms with van der Waals surface area (Å²) >= 11 is 1.27. The van der Waals surface area contributed by atoms with E-state index >= 15 is 0 Å². The summed E-state index contributed by atoms with van der Waals surface area (Å²) in [5.41, 5.74) is -1.00. The molecule has 22 heavy (non-hydrogen) atoms. The SMILES string of the molecule is COC(=O)c1c[nH]c2c(C(F)(F)F)cc(-c3cccs3)nc12. The van der Waals surface area contributed by atoms with Gasteiger partial charge >= 0.3 is 12.1 Å². The normalized spacial score (nSPS) is 11.8. The van der Waals surface area contributed by atoms with Gasteiger partial charge in [0.15, 0.2) is 0 Å². The number of nitrogens with one attached hydrogen (secondary N) is 1. The topological polar surface area (TPSA) is 55.0 Å². The van der Waals surface area contributed by atoms with Crippen molar-refractivity contribution >= 4 is 28.3 Å². The second-order valence-electron chi connectivity index (χ2n) is 4.45. The molecule has 0 bridgehead atoms. The van der Waals surface area contributed by atoms with Gasteiger partial charge in [0, 0.05) is 6.20 Å². The minimum absolute atomic E-state index is 0.0265. The van der Waals surface area contributed by atoms with Crippen LogP contribution in [0.5, 0.6) is 0 Å². The van der Waals surface area contributed by atoms with Crippen LogP contribution in [0.2, 0.25) is 0 Å². The zero-order chi connectivity index (χ0) is 15.9. The Bertz CT molecular complexity index is 838. The first-order valence-electron chi connectivity index (χ1n) is 6.13. The highest BCUT2D eigenvalue weighted by Gasteiger charge is 2.35. The van der Waals surface area contributed by atoms with E-state index in [0.717, 1.165) is 13.2 Å². The molecule has 0 aliphatic carbocycles. The number of carbonyl (C=O) groups excluding carboxylic acids is 1. The Balaban J connectivity index is 2.33. The minimum Gasteiger partial charge on any atom is -0.465 e. The van der Waals surface area contributed by atoms with Crippen LogP contribution < -0.4 is 0 Å². The van der Waals surface area contributed by atoms with Crippen molar-refractivity contribution < 1.29 is 22.7 Å². The molecule has 3 rings (SSSR count). The number of methoxy groups -OCH3 is 1. The first-order chi connectivity index (χ1) is 10.4. The molecule has 3 heterocycles. The first-order valence-corrected chi connectivity index (χ1v) is 7.01. The van der Waals surface area contributed by atoms with Crippen LogP contribution in [0.3, 0.4) is 0 Å². The van der Waals surface area contributed by atoms with Crippen LogP contribution in [0.15, 0.2) is 29.8 Å². The number of aromatic nitrogens is 2. The maximum atomic E-state index is 13.3. The van der Waals surface area contributed by atoms with Crippen molar-refractivity contribution in [1.82, 2.24) is 9.97 Å². The number of carbonyl (C=O) groups is 1. The van der Waals surface area contributed by atoms with Gasteiger partial charge in [-0.3, -0.25) is 0 Å². The molecule has 0 atom stereocenters. The van der Waals surface area contributed by atoms with Crippen LogP contribution in [0, 0.1) is 0 Å². The first kappa shape index (κ1) is 14.6. The van der Waals surface area contributed by atoms with Gasteiger partial charge < -0.3 is 9.72 Å². The van der Waals surface area contributed by atoms with Crippen molar-refractivity contribution in [3.05, 3.63) is 40.9 Å². The number of fused-ring (bicyclic) bond motifs is 1. The van der Waals surface area contributed by atoms with Crippen LogP contribution >= 0.6 is 11.3 Å². The predicted molar refractivity (Wildman–Crippen MR) is 75.7 cm³/mol. The van der Waals surface area contributed by atoms with E-state index in [4.69, 9.17) is 0 Å². The number of esters is 1. The zero-order valence-electron chi connectivity index (χ0n) is 11.2. The lowest BCUT2D eigenvalue weighted by atomic mass is 10.1. The third kappa shape index (κ3) is 2.35. The molecule has 0 saturated heterocycles. The van der Waals surface area contributed by atoms with E-state index in [0.29, 0.717) is 4.88 Å². The molecular formula is C14H9F3N2O2S. The van der Waals surface area contributed by atoms with E-state index in [2.05, 4.69) is 14.7 Å². The van der Waals surface area contributed by atoms with E-state index in [1.54, 1.807) is 17.5 Å². The molecule has 0 aromatic carbocycles. The van der Waals surface area contributed by atoms with Crippen LogP contribution in [-0.4, -0.2) is 23.0 Å². The third-order valence-electron chi connectivity index (χ3n) is 3.12. The number of aromatic amines is 1. The number of halogens is 3. The highest BCUT2D eigenvalue weighted by Crippen LogP contribution is 2.38. The molecule has 3 aromatic heterocycles. The number of hydrogen-bond acceptors (Lipinski definition) is 4. The van der Waals surface area contributed by atoms with Crippen LogP contribution in [0.25, 0.3) is 21.6 Å². The Hall–Kier alpha value is -2.35. The lowest BCUT2D eigenvalue weighted by molar-refractivity contribution is -0.136. The van der Waals surface area contributed by atoms with Gasteiger partial charge in [0.2, 0.25) is 0 Å². The van der Waals surface area contributed by atoms with Gasteiger partial charge in [-0.25, -0.2) is 9.78 Å². The predicted octanol–water partition coefficient (Wildman–Crippen LogP) is 4.10. The van der Waals surface area contributed by atoms with E-state index in [-0.39, 0.29) is 22.3 Å². The van der Waals surface area contributed by atoms with E-state index < -0.39 is 17.7 Å². The second kappa shape index (κ2) is 5.13. The summed E-state index contributed by atoms with van der Waals surface area (Å²) in [6.45, 7) is 0. The number of pyridine rings is 1. The number of nitrogens with zero attached hydrogens (tertiary/aromatic N) is 1. The molecule has 114 valence electrons. The van der Waals surface area contributed by atoms with E-state index in [1.165, 1.54) is 17.5 Å². The smallest absolute Gasteiger partial charge is 0.418 e. The molecule has 0 saturated carbocycles. The summed E-state index contributed by atoms with van der Waals surface area (Å²) in [6.07, 6.45) is -3.39. The molecule has 1 N–H and O–H groups in total. The van der Waals surface area contributed by atoms with Crippen molar-refractivity contribution in [2.24, 2.45) is 0 Å². The van der Waals surface area contributed by atoms with Crippen LogP contribution in [0.1, 0.15) is 15.9 Å². The van der Waals surface area contributed by atoms with Gasteiger partial charge in [-0.2, -0.15) is 13.2 Å². The molecule has 0 aliphatic rings. The van der Waals surface area contributed by atoms with Gasteiger partial charge in [0.25, 0.3) is 0 Å². The van der Waals surface area contributed by atoms with Crippen molar-refractivity contribution in [3.8, 4) is 10.6 Å². The Morgan fingerprint density at radius 3 is 2.77 bits per heavy atom. The number of rotatable bonds is 2. The molecule has 3 aromatic rings. The molecule has 0 unspecified atom stereocenters. The molecule has 0 radical (unpaired) electrons. The lowest BCUT2D eigenvalue weighted by Crippen LogP contribution is -2.08. The largest absolute Gasteiger partial charge is 0.465 e. The maximum Gasteiger partial charge on any atom is 0.418 e. The fraction of sp³-hybridized carbons (Fsp3) is 0.143. The van der Waals surface area contributed by atoms with Gasteiger partial charge in [-0.1, -0.05) is 6.07 Å². The maximum absolute atomic E-state index is 13.3. The van der Waals surface area contributed by atoms with Crippen molar-refractivity contribution in [2.45, 2.75) is 6.18 Å². The van der Waals surface area contributed by atoms with Gasteiger partial charge in [-0.15, -0.1) is 11.3 Å². The summed E-state index contributed by atoms with van der Waals surface area (Å²) < 4.78 is 44.4. The fourth-order valence-electron chi connectivity index (χ4n) is 2.14. The quantitative estimate of drug-likeness (QED) is 0.722. The Morgan fingerprint density at radius 2 is 2.18 bits per heavy atom. The van der Waals surface area contributed by atoms with Crippen LogP contribution in [-0.2, 0) is 10.9 Å². The standard InChI is InChI=1S/C14H9F3N2O2S/c1-21-13(20)7-6-18-12-8(14(15,16)17)5-9(19-11(7)12)10-3-2-4-22-10/h2-6,18H,1H3. The Kier molecular flexibility index (Phi) is 3.40. The summed E-state index contributed by atoms with van der Waals surface area (Å²) in [6, 6.07) is 4.37. The summed E-state index contributed by atoms with van der Waals surface area (Å²) in [5.74, 6) is -0.741. The molecule has 8 heteroatoms. The number of thiophene rings is 1. The van der Waals surface area contributed by atoms with Crippen LogP contribution in [0.4, 0.5) is 13.2 Å². The third-order valence-corrected chi connectivity index (χ3v) is 4.01. The van der Waals surface area contributed by atoms with Crippen molar-refractivity contribution in [3.63, 3.8) is 0 Å². The Labute approximate surface area is 126 Å². The van der Waals surface area contributed by atoms with Crippen molar-refractivity contribution in [2.75, 3.05) is 7.11 Å². The van der Waals surface area contributed by atoms with E-state index in [9.17, 15) is 18.0 Å². The van der Waals surface area contributed by atoms with Crippen molar-refractivity contribution in [1.29, 1.82) is 0 Å². The monoisotopic (exact) mass is 326 g/mol. The summed E-state index contributed by atoms with van der Waals surface area (Å²) in [7, 11) is 1.16. The van der Waals surface area contributed by atoms with Gasteiger partial charge in [0.1, 0.15) is 11.1 Å². The summed E-state index contributed by atoms with van der Waals surface area (Å²) in [5, 5.41) is 1.74. The fourth-order valence-corrected chi connectivity index (χ4v) is 2.82. The molecule has 0 aliphatic heterocycles. The average Bonchev–Trinajstić information content (AvgIpc) is 3.13. The van der Waals surface area contributed by atoms with Gasteiger partial charge in [-0.05, 0) is 17.5 Å². The van der Waals surface area contributed by atoms with E-state index in [1.807, 2.05) is 0 Å². The molecule has 0 spiro atoms. The summed E-state index contributed by atoms with van der Waals surface area (Å²) in [4.78, 5) is 18.9. The average molecular weight is 326 g/mol. The zero-order valence-corrected chi connectivity index (χ0v) is 12.0. The molecule has 0 fully saturated rings. The highest BCUT2D eigenvalue weighted by atomic mass is 32.1. The number of H-pyrrole nitrogens is 1.